The normalized spacial score (nSPS) is 16.7. The van der Waals surface area contributed by atoms with E-state index in [1.54, 1.807) is 18.2 Å². The summed E-state index contributed by atoms with van der Waals surface area (Å²) in [7, 11) is 0. The number of rotatable bonds is 9. The molecular weight excluding hydrogens is 402 g/mol. The Morgan fingerprint density at radius 2 is 1.62 bits per heavy atom. The van der Waals surface area contributed by atoms with Crippen molar-refractivity contribution in [3.8, 4) is 11.5 Å². The van der Waals surface area contributed by atoms with E-state index in [1.165, 1.54) is 12.1 Å². The van der Waals surface area contributed by atoms with Crippen molar-refractivity contribution in [2.45, 2.75) is 12.7 Å². The summed E-state index contributed by atoms with van der Waals surface area (Å²) < 4.78 is 34.5. The molecular formula is C21H25ClF2N2O3. The number of alkyl halides is 2. The molecule has 1 unspecified atom stereocenters. The molecule has 3 rings (SSSR count). The molecule has 0 saturated carbocycles. The van der Waals surface area contributed by atoms with Crippen LogP contribution in [0.15, 0.2) is 48.5 Å². The van der Waals surface area contributed by atoms with Crippen LogP contribution in [0.5, 0.6) is 11.5 Å². The van der Waals surface area contributed by atoms with Gasteiger partial charge in [0.25, 0.3) is 0 Å². The van der Waals surface area contributed by atoms with Gasteiger partial charge in [-0.25, -0.2) is 0 Å². The molecule has 8 heteroatoms. The molecule has 2 aromatic carbocycles. The molecule has 0 spiro atoms. The Bertz CT molecular complexity index is 756. The zero-order valence-electron chi connectivity index (χ0n) is 16.0. The first kappa shape index (κ1) is 21.8. The maximum absolute atomic E-state index is 12.2. The Kier molecular flexibility index (Phi) is 8.06. The van der Waals surface area contributed by atoms with Crippen LogP contribution in [-0.4, -0.2) is 67.4 Å². The predicted octanol–water partition coefficient (Wildman–Crippen LogP) is 3.67. The zero-order chi connectivity index (χ0) is 20.6. The molecule has 0 bridgehead atoms. The van der Waals surface area contributed by atoms with Crippen molar-refractivity contribution in [3.63, 3.8) is 0 Å². The van der Waals surface area contributed by atoms with Crippen molar-refractivity contribution in [2.24, 2.45) is 0 Å². The number of aliphatic hydroxyl groups is 1. The number of hydrogen-bond donors (Lipinski definition) is 1. The monoisotopic (exact) mass is 426 g/mol. The summed E-state index contributed by atoms with van der Waals surface area (Å²) in [5.74, 6) is 0.782. The van der Waals surface area contributed by atoms with Crippen LogP contribution in [-0.2, 0) is 0 Å². The Morgan fingerprint density at radius 1 is 0.966 bits per heavy atom. The molecule has 5 nitrogen and oxygen atoms in total. The quantitative estimate of drug-likeness (QED) is 0.663. The molecule has 2 aromatic rings. The summed E-state index contributed by atoms with van der Waals surface area (Å²) in [5, 5.41) is 11.0. The van der Waals surface area contributed by atoms with Gasteiger partial charge < -0.3 is 14.6 Å². The van der Waals surface area contributed by atoms with Crippen molar-refractivity contribution < 1.29 is 23.4 Å². The van der Waals surface area contributed by atoms with Crippen LogP contribution in [0.1, 0.15) is 11.7 Å². The summed E-state index contributed by atoms with van der Waals surface area (Å²) >= 11 is 6.09. The van der Waals surface area contributed by atoms with Crippen LogP contribution in [0.2, 0.25) is 5.02 Å². The van der Waals surface area contributed by atoms with Gasteiger partial charge in [-0.1, -0.05) is 35.9 Å². The van der Waals surface area contributed by atoms with Crippen LogP contribution < -0.4 is 9.47 Å². The van der Waals surface area contributed by atoms with Gasteiger partial charge in [0, 0.05) is 39.3 Å². The highest BCUT2D eigenvalue weighted by molar-refractivity contribution is 6.32. The minimum Gasteiger partial charge on any atom is -0.491 e. The number of piperazine rings is 1. The second-order valence-electron chi connectivity index (χ2n) is 6.88. The summed E-state index contributed by atoms with van der Waals surface area (Å²) in [6, 6.07) is 13.5. The lowest BCUT2D eigenvalue weighted by Gasteiger charge is -2.35. The van der Waals surface area contributed by atoms with Gasteiger partial charge in [0.2, 0.25) is 0 Å². The highest BCUT2D eigenvalue weighted by Gasteiger charge is 2.20. The molecule has 1 fully saturated rings. The average molecular weight is 427 g/mol. The highest BCUT2D eigenvalue weighted by Crippen LogP contribution is 2.23. The first-order chi connectivity index (χ1) is 14.0. The Labute approximate surface area is 174 Å². The minimum atomic E-state index is -2.85. The third-order valence-corrected chi connectivity index (χ3v) is 5.20. The van der Waals surface area contributed by atoms with Crippen molar-refractivity contribution in [3.05, 3.63) is 59.1 Å². The lowest BCUT2D eigenvalue weighted by atomic mass is 10.1. The van der Waals surface area contributed by atoms with Crippen molar-refractivity contribution >= 4 is 11.6 Å². The molecule has 0 radical (unpaired) electrons. The third-order valence-electron chi connectivity index (χ3n) is 4.89. The molecule has 0 amide bonds. The van der Waals surface area contributed by atoms with Gasteiger partial charge in [-0.05, 0) is 29.8 Å². The molecule has 158 valence electrons. The summed E-state index contributed by atoms with van der Waals surface area (Å²) in [6.07, 6.45) is -0.675. The highest BCUT2D eigenvalue weighted by atomic mass is 35.5. The number of aliphatic hydroxyl groups excluding tert-OH is 1. The Morgan fingerprint density at radius 3 is 2.28 bits per heavy atom. The molecule has 1 aliphatic heterocycles. The molecule has 1 heterocycles. The van der Waals surface area contributed by atoms with Gasteiger partial charge >= 0.3 is 6.61 Å². The summed E-state index contributed by atoms with van der Waals surface area (Å²) in [4.78, 5) is 4.51. The van der Waals surface area contributed by atoms with E-state index in [-0.39, 0.29) is 5.75 Å². The van der Waals surface area contributed by atoms with E-state index in [0.717, 1.165) is 32.7 Å². The second kappa shape index (κ2) is 10.7. The molecule has 1 atom stereocenters. The van der Waals surface area contributed by atoms with Crippen LogP contribution in [0.4, 0.5) is 8.78 Å². The smallest absolute Gasteiger partial charge is 0.387 e. The van der Waals surface area contributed by atoms with E-state index in [2.05, 4.69) is 14.5 Å². The number of ether oxygens (including phenoxy) is 2. The van der Waals surface area contributed by atoms with E-state index in [1.807, 2.05) is 18.2 Å². The summed E-state index contributed by atoms with van der Waals surface area (Å²) in [6.45, 7) is 2.49. The largest absolute Gasteiger partial charge is 0.491 e. The number of nitrogens with zero attached hydrogens (tertiary/aromatic N) is 2. The molecule has 0 aliphatic carbocycles. The first-order valence-electron chi connectivity index (χ1n) is 9.56. The molecule has 0 aromatic heterocycles. The molecule has 29 heavy (non-hydrogen) atoms. The fraction of sp³-hybridized carbons (Fsp3) is 0.429. The maximum Gasteiger partial charge on any atom is 0.387 e. The second-order valence-corrected chi connectivity index (χ2v) is 7.29. The first-order valence-corrected chi connectivity index (χ1v) is 9.94. The zero-order valence-corrected chi connectivity index (χ0v) is 16.8. The number of benzene rings is 2. The van der Waals surface area contributed by atoms with Crippen molar-refractivity contribution in [2.75, 3.05) is 45.9 Å². The van der Waals surface area contributed by atoms with E-state index in [0.29, 0.717) is 29.5 Å². The van der Waals surface area contributed by atoms with Crippen LogP contribution in [0.25, 0.3) is 0 Å². The van der Waals surface area contributed by atoms with Gasteiger partial charge in [-0.15, -0.1) is 0 Å². The van der Waals surface area contributed by atoms with Gasteiger partial charge in [-0.2, -0.15) is 8.78 Å². The van der Waals surface area contributed by atoms with Crippen LogP contribution in [0.3, 0.4) is 0 Å². The molecule has 1 aliphatic rings. The van der Waals surface area contributed by atoms with Gasteiger partial charge in [0.15, 0.2) is 0 Å². The van der Waals surface area contributed by atoms with Gasteiger partial charge in [-0.3, -0.25) is 9.80 Å². The van der Waals surface area contributed by atoms with Crippen LogP contribution >= 0.6 is 11.6 Å². The van der Waals surface area contributed by atoms with Crippen molar-refractivity contribution in [1.29, 1.82) is 0 Å². The predicted molar refractivity (Wildman–Crippen MR) is 108 cm³/mol. The third kappa shape index (κ3) is 6.82. The Balaban J connectivity index is 1.37. The number of halogens is 3. The van der Waals surface area contributed by atoms with E-state index in [4.69, 9.17) is 16.3 Å². The lowest BCUT2D eigenvalue weighted by Crippen LogP contribution is -2.48. The SMILES string of the molecule is OC(CN1CCN(CCOc2ccccc2Cl)CC1)c1ccc(OC(F)F)cc1. The standard InChI is InChI=1S/C21H25ClF2N2O3/c22-18-3-1-2-4-20(18)28-14-13-25-9-11-26(12-10-25)15-19(27)16-5-7-17(8-6-16)29-21(23)24/h1-8,19,21,27H,9-15H2. The Hall–Kier alpha value is -1.93. The number of hydrogen-bond acceptors (Lipinski definition) is 5. The number of para-hydroxylation sites is 1. The molecule has 1 N–H and O–H groups in total. The fourth-order valence-corrected chi connectivity index (χ4v) is 3.45. The number of β-amino-alcohol motifs (C(OH)–C–C–N with tert-alkyl or cyclic N) is 1. The maximum atomic E-state index is 12.2. The van der Waals surface area contributed by atoms with Crippen LogP contribution in [0, 0.1) is 0 Å². The fourth-order valence-electron chi connectivity index (χ4n) is 3.26. The minimum absolute atomic E-state index is 0.0866. The summed E-state index contributed by atoms with van der Waals surface area (Å²) in [5.41, 5.74) is 0.683. The average Bonchev–Trinajstić information content (AvgIpc) is 2.71. The lowest BCUT2D eigenvalue weighted by molar-refractivity contribution is -0.0498. The van der Waals surface area contributed by atoms with E-state index in [9.17, 15) is 13.9 Å². The molecule has 1 saturated heterocycles. The van der Waals surface area contributed by atoms with E-state index >= 15 is 0 Å². The van der Waals surface area contributed by atoms with Gasteiger partial charge in [0.1, 0.15) is 18.1 Å². The van der Waals surface area contributed by atoms with E-state index < -0.39 is 12.7 Å². The van der Waals surface area contributed by atoms with Gasteiger partial charge in [0.05, 0.1) is 11.1 Å². The topological polar surface area (TPSA) is 45.2 Å². The van der Waals surface area contributed by atoms with Crippen molar-refractivity contribution in [1.82, 2.24) is 9.80 Å².